The van der Waals surface area contributed by atoms with Crippen molar-refractivity contribution in [2.75, 3.05) is 20.2 Å². The fourth-order valence-corrected chi connectivity index (χ4v) is 7.26. The lowest BCUT2D eigenvalue weighted by molar-refractivity contribution is -0.145. The van der Waals surface area contributed by atoms with E-state index in [0.717, 1.165) is 44.4 Å². The van der Waals surface area contributed by atoms with Crippen LogP contribution in [0.3, 0.4) is 0 Å². The number of phenolic OH excluding ortho intramolecular Hbond substituents is 1. The molecule has 194 valence electrons. The normalized spacial score (nSPS) is 26.3. The smallest absolute Gasteiger partial charge is 0.308 e. The van der Waals surface area contributed by atoms with E-state index >= 15 is 0 Å². The molecule has 2 aromatic rings. The molecule has 0 radical (unpaired) electrons. The average molecular weight is 490 g/mol. The van der Waals surface area contributed by atoms with Gasteiger partial charge < -0.3 is 9.84 Å². The number of methoxy groups -OCH3 is 1. The average Bonchev–Trinajstić information content (AvgIpc) is 3.71. The minimum Gasteiger partial charge on any atom is -0.508 e. The molecule has 1 N–H and O–H groups in total. The van der Waals surface area contributed by atoms with E-state index in [4.69, 9.17) is 4.74 Å². The maximum Gasteiger partial charge on any atom is 0.308 e. The molecular formula is C32H43NO3. The number of phenols is 1. The van der Waals surface area contributed by atoms with Gasteiger partial charge in [0.2, 0.25) is 0 Å². The Hall–Kier alpha value is -2.33. The summed E-state index contributed by atoms with van der Waals surface area (Å²) >= 11 is 0. The van der Waals surface area contributed by atoms with E-state index in [1.807, 2.05) is 24.3 Å². The lowest BCUT2D eigenvalue weighted by Crippen LogP contribution is -2.59. The number of hydrogen-bond donors (Lipinski definition) is 1. The van der Waals surface area contributed by atoms with Gasteiger partial charge in [0.1, 0.15) is 5.75 Å². The van der Waals surface area contributed by atoms with Crippen LogP contribution >= 0.6 is 0 Å². The van der Waals surface area contributed by atoms with Crippen LogP contribution in [0.25, 0.3) is 0 Å². The van der Waals surface area contributed by atoms with Gasteiger partial charge >= 0.3 is 5.97 Å². The molecule has 5 rings (SSSR count). The van der Waals surface area contributed by atoms with Crippen molar-refractivity contribution in [1.82, 2.24) is 4.90 Å². The van der Waals surface area contributed by atoms with E-state index in [1.165, 1.54) is 62.6 Å². The number of benzene rings is 2. The summed E-state index contributed by atoms with van der Waals surface area (Å²) < 4.78 is 5.13. The van der Waals surface area contributed by atoms with Gasteiger partial charge in [-0.3, -0.25) is 9.69 Å². The maximum atomic E-state index is 12.4. The van der Waals surface area contributed by atoms with Crippen molar-refractivity contribution in [2.24, 2.45) is 17.8 Å². The topological polar surface area (TPSA) is 49.8 Å². The van der Waals surface area contributed by atoms with Crippen molar-refractivity contribution in [3.8, 4) is 5.75 Å². The number of ether oxygens (including phenoxy) is 1. The minimum absolute atomic E-state index is 0.0723. The highest BCUT2D eigenvalue weighted by atomic mass is 16.5. The molecule has 0 amide bonds. The number of carbonyl (C=O) groups excluding carboxylic acids is 1. The fourth-order valence-electron chi connectivity index (χ4n) is 7.26. The Kier molecular flexibility index (Phi) is 7.71. The van der Waals surface area contributed by atoms with Gasteiger partial charge in [-0.2, -0.15) is 0 Å². The molecule has 0 spiro atoms. The quantitative estimate of drug-likeness (QED) is 0.298. The van der Waals surface area contributed by atoms with Gasteiger partial charge in [-0.05, 0) is 92.1 Å². The Morgan fingerprint density at radius 1 is 1.14 bits per heavy atom. The van der Waals surface area contributed by atoms with E-state index in [9.17, 15) is 9.90 Å². The third-order valence-corrected chi connectivity index (χ3v) is 9.55. The van der Waals surface area contributed by atoms with Crippen molar-refractivity contribution in [3.05, 3.63) is 65.2 Å². The van der Waals surface area contributed by atoms with Gasteiger partial charge in [0.15, 0.2) is 0 Å². The molecular weight excluding hydrogens is 446 g/mol. The highest BCUT2D eigenvalue weighted by Gasteiger charge is 2.51. The fraction of sp³-hybridized carbons (Fsp3) is 0.594. The van der Waals surface area contributed by atoms with Crippen LogP contribution in [0.1, 0.15) is 75.0 Å². The third-order valence-electron chi connectivity index (χ3n) is 9.55. The zero-order chi connectivity index (χ0) is 25.1. The molecule has 36 heavy (non-hydrogen) atoms. The molecule has 2 fully saturated rings. The lowest BCUT2D eigenvalue weighted by atomic mass is 9.56. The number of piperidine rings is 1. The Labute approximate surface area is 217 Å². The van der Waals surface area contributed by atoms with Crippen LogP contribution in [0.5, 0.6) is 5.75 Å². The number of rotatable bonds is 11. The van der Waals surface area contributed by atoms with Gasteiger partial charge in [-0.15, -0.1) is 0 Å². The van der Waals surface area contributed by atoms with Gasteiger partial charge in [-0.1, -0.05) is 62.6 Å². The summed E-state index contributed by atoms with van der Waals surface area (Å²) in [5.41, 5.74) is 4.21. The number of aromatic hydroxyl groups is 1. The molecule has 1 heterocycles. The SMILES string of the molecule is COC(=O)[C@@H](CCCCC[C@]12CCN(CC3CC3)[C@H](Cc3ccc(O)cc31)[C@@H]2C)Cc1ccccc1. The predicted octanol–water partition coefficient (Wildman–Crippen LogP) is 6.29. The third kappa shape index (κ3) is 5.34. The number of nitrogens with zero attached hydrogens (tertiary/aromatic N) is 1. The van der Waals surface area contributed by atoms with Crippen LogP contribution < -0.4 is 0 Å². The van der Waals surface area contributed by atoms with Gasteiger partial charge in [0, 0.05) is 18.0 Å². The van der Waals surface area contributed by atoms with E-state index in [1.54, 1.807) is 0 Å². The first-order chi connectivity index (χ1) is 17.5. The van der Waals surface area contributed by atoms with E-state index < -0.39 is 0 Å². The zero-order valence-corrected chi connectivity index (χ0v) is 22.1. The summed E-state index contributed by atoms with van der Waals surface area (Å²) in [4.78, 5) is 15.2. The summed E-state index contributed by atoms with van der Waals surface area (Å²) in [7, 11) is 1.50. The lowest BCUT2D eigenvalue weighted by Gasteiger charge is -2.56. The Balaban J connectivity index is 1.23. The molecule has 2 aliphatic carbocycles. The first-order valence-electron chi connectivity index (χ1n) is 14.2. The van der Waals surface area contributed by atoms with Crippen LogP contribution in [-0.4, -0.2) is 42.2 Å². The molecule has 1 aliphatic heterocycles. The number of hydrogen-bond acceptors (Lipinski definition) is 4. The van der Waals surface area contributed by atoms with Crippen molar-refractivity contribution in [2.45, 2.75) is 82.6 Å². The highest BCUT2D eigenvalue weighted by Crippen LogP contribution is 2.53. The van der Waals surface area contributed by atoms with Gasteiger partial charge in [-0.25, -0.2) is 0 Å². The maximum absolute atomic E-state index is 12.4. The largest absolute Gasteiger partial charge is 0.508 e. The van der Waals surface area contributed by atoms with Crippen LogP contribution in [0.2, 0.25) is 0 Å². The number of carbonyl (C=O) groups is 1. The second kappa shape index (κ2) is 11.0. The minimum atomic E-state index is -0.0892. The molecule has 4 nitrogen and oxygen atoms in total. The summed E-state index contributed by atoms with van der Waals surface area (Å²) in [6.07, 6.45) is 11.2. The molecule has 3 aliphatic rings. The summed E-state index contributed by atoms with van der Waals surface area (Å²) in [5, 5.41) is 10.4. The molecule has 0 unspecified atom stereocenters. The Morgan fingerprint density at radius 3 is 2.69 bits per heavy atom. The Bertz CT molecular complexity index is 1030. The monoisotopic (exact) mass is 489 g/mol. The Morgan fingerprint density at radius 2 is 1.94 bits per heavy atom. The first-order valence-corrected chi connectivity index (χ1v) is 14.2. The van der Waals surface area contributed by atoms with Crippen LogP contribution in [0, 0.1) is 17.8 Å². The predicted molar refractivity (Wildman–Crippen MR) is 144 cm³/mol. The van der Waals surface area contributed by atoms with Gasteiger partial charge in [0.05, 0.1) is 13.0 Å². The van der Waals surface area contributed by atoms with E-state index in [-0.39, 0.29) is 17.3 Å². The number of esters is 1. The first kappa shape index (κ1) is 25.3. The summed E-state index contributed by atoms with van der Waals surface area (Å²) in [6.45, 7) is 4.93. The second-order valence-corrected chi connectivity index (χ2v) is 11.8. The number of likely N-dealkylation sites (tertiary alicyclic amines) is 1. The van der Waals surface area contributed by atoms with E-state index in [2.05, 4.69) is 36.1 Å². The molecule has 1 saturated heterocycles. The molecule has 2 aromatic carbocycles. The standard InChI is InChI=1S/C32H43NO3/c1-23-30-20-26-14-15-28(34)21-29(26)32(23,17-18-33(30)22-25-12-13-25)16-8-4-7-11-27(31(35)36-2)19-24-9-5-3-6-10-24/h3,5-6,9-10,14-15,21,23,25,27,30,34H,4,7-8,11-13,16-20,22H2,1-2H3/t23-,27-,30+,32+/m0/s1. The molecule has 1 saturated carbocycles. The van der Waals surface area contributed by atoms with Crippen molar-refractivity contribution in [3.63, 3.8) is 0 Å². The summed E-state index contributed by atoms with van der Waals surface area (Å²) in [5.74, 6) is 1.76. The summed E-state index contributed by atoms with van der Waals surface area (Å²) in [6, 6.07) is 17.0. The molecule has 0 aromatic heterocycles. The molecule has 4 atom stereocenters. The van der Waals surface area contributed by atoms with Gasteiger partial charge in [0.25, 0.3) is 0 Å². The molecule has 4 heteroatoms. The number of unbranched alkanes of at least 4 members (excludes halogenated alkanes) is 2. The highest BCUT2D eigenvalue weighted by molar-refractivity contribution is 5.72. The van der Waals surface area contributed by atoms with Crippen LogP contribution in [0.4, 0.5) is 0 Å². The van der Waals surface area contributed by atoms with Crippen molar-refractivity contribution >= 4 is 5.97 Å². The number of fused-ring (bicyclic) bond motifs is 4. The second-order valence-electron chi connectivity index (χ2n) is 11.8. The van der Waals surface area contributed by atoms with E-state index in [0.29, 0.717) is 17.7 Å². The van der Waals surface area contributed by atoms with Crippen LogP contribution in [-0.2, 0) is 27.8 Å². The zero-order valence-electron chi connectivity index (χ0n) is 22.1. The molecule has 2 bridgehead atoms. The van der Waals surface area contributed by atoms with Crippen molar-refractivity contribution < 1.29 is 14.6 Å². The van der Waals surface area contributed by atoms with Crippen molar-refractivity contribution in [1.29, 1.82) is 0 Å². The van der Waals surface area contributed by atoms with Crippen LogP contribution in [0.15, 0.2) is 48.5 Å².